The van der Waals surface area contributed by atoms with Crippen LogP contribution in [-0.4, -0.2) is 43.8 Å². The highest BCUT2D eigenvalue weighted by molar-refractivity contribution is 5.79. The highest BCUT2D eigenvalue weighted by Crippen LogP contribution is 2.20. The molecule has 0 heterocycles. The number of hydrogen-bond acceptors (Lipinski definition) is 2. The molecule has 1 unspecified atom stereocenters. The van der Waals surface area contributed by atoms with E-state index < -0.39 is 0 Å². The van der Waals surface area contributed by atoms with Gasteiger partial charge < -0.3 is 10.2 Å². The predicted octanol–water partition coefficient (Wildman–Crippen LogP) is 6.30. The van der Waals surface area contributed by atoms with Crippen LogP contribution in [0.1, 0.15) is 105 Å². The van der Waals surface area contributed by atoms with Crippen molar-refractivity contribution in [1.29, 1.82) is 0 Å². The molecular formula is C25H51N3O. The van der Waals surface area contributed by atoms with Gasteiger partial charge in [-0.2, -0.15) is 0 Å². The van der Waals surface area contributed by atoms with Crippen LogP contribution in [0.4, 0.5) is 0 Å². The molecule has 0 aromatic rings. The highest BCUT2D eigenvalue weighted by atomic mass is 16.1. The van der Waals surface area contributed by atoms with E-state index in [2.05, 4.69) is 49.8 Å². The van der Waals surface area contributed by atoms with E-state index in [1.807, 2.05) is 14.1 Å². The standard InChI is InChI=1S/C25H51N3O/c1-21(2)20-24(22(3)4)25(29)27-19-17-15-13-11-9-8-10-12-14-16-18-26-23(5)28(6)7/h21-22,24H,8-20H2,1-7H3,(H,27,29). The molecule has 0 saturated carbocycles. The van der Waals surface area contributed by atoms with Crippen molar-refractivity contribution in [3.63, 3.8) is 0 Å². The fourth-order valence-electron chi connectivity index (χ4n) is 3.57. The molecule has 0 aromatic heterocycles. The van der Waals surface area contributed by atoms with Crippen molar-refractivity contribution in [1.82, 2.24) is 10.2 Å². The van der Waals surface area contributed by atoms with Crippen LogP contribution in [0.15, 0.2) is 4.99 Å². The molecule has 4 heteroatoms. The molecule has 0 aliphatic carbocycles. The Balaban J connectivity index is 3.49. The zero-order chi connectivity index (χ0) is 22.1. The fourth-order valence-corrected chi connectivity index (χ4v) is 3.57. The molecule has 4 nitrogen and oxygen atoms in total. The maximum absolute atomic E-state index is 12.4. The van der Waals surface area contributed by atoms with Gasteiger partial charge in [0, 0.05) is 33.1 Å². The Morgan fingerprint density at radius 2 is 1.31 bits per heavy atom. The van der Waals surface area contributed by atoms with Gasteiger partial charge in [-0.3, -0.25) is 9.79 Å². The van der Waals surface area contributed by atoms with Crippen LogP contribution < -0.4 is 5.32 Å². The summed E-state index contributed by atoms with van der Waals surface area (Å²) in [6.45, 7) is 12.6. The van der Waals surface area contributed by atoms with Crippen molar-refractivity contribution in [3.8, 4) is 0 Å². The van der Waals surface area contributed by atoms with Crippen LogP contribution in [0.3, 0.4) is 0 Å². The van der Waals surface area contributed by atoms with Gasteiger partial charge in [-0.15, -0.1) is 0 Å². The molecule has 0 bridgehead atoms. The van der Waals surface area contributed by atoms with E-state index in [9.17, 15) is 4.79 Å². The maximum Gasteiger partial charge on any atom is 0.223 e. The molecule has 0 spiro atoms. The third kappa shape index (κ3) is 16.4. The summed E-state index contributed by atoms with van der Waals surface area (Å²) >= 11 is 0. The summed E-state index contributed by atoms with van der Waals surface area (Å²) in [6, 6.07) is 0. The van der Waals surface area contributed by atoms with Crippen LogP contribution in [0.2, 0.25) is 0 Å². The molecule has 172 valence electrons. The van der Waals surface area contributed by atoms with Crippen LogP contribution in [0, 0.1) is 17.8 Å². The summed E-state index contributed by atoms with van der Waals surface area (Å²) < 4.78 is 0. The van der Waals surface area contributed by atoms with Gasteiger partial charge in [0.1, 0.15) is 0 Å². The quantitative estimate of drug-likeness (QED) is 0.174. The molecule has 0 aliphatic rings. The maximum atomic E-state index is 12.4. The summed E-state index contributed by atoms with van der Waals surface area (Å²) in [4.78, 5) is 19.0. The molecule has 29 heavy (non-hydrogen) atoms. The summed E-state index contributed by atoms with van der Waals surface area (Å²) in [7, 11) is 4.09. The zero-order valence-corrected chi connectivity index (χ0v) is 20.7. The number of carbonyl (C=O) groups excluding carboxylic acids is 1. The minimum Gasteiger partial charge on any atom is -0.367 e. The van der Waals surface area contributed by atoms with Crippen LogP contribution >= 0.6 is 0 Å². The molecule has 0 aromatic carbocycles. The van der Waals surface area contributed by atoms with Crippen molar-refractivity contribution in [2.75, 3.05) is 27.2 Å². The lowest BCUT2D eigenvalue weighted by Crippen LogP contribution is -2.34. The van der Waals surface area contributed by atoms with Gasteiger partial charge in [-0.05, 0) is 38.0 Å². The first-order valence-electron chi connectivity index (χ1n) is 12.2. The van der Waals surface area contributed by atoms with Gasteiger partial charge in [0.25, 0.3) is 0 Å². The third-order valence-electron chi connectivity index (χ3n) is 5.74. The van der Waals surface area contributed by atoms with E-state index in [1.165, 1.54) is 57.8 Å². The second-order valence-corrected chi connectivity index (χ2v) is 9.63. The largest absolute Gasteiger partial charge is 0.367 e. The normalized spacial score (nSPS) is 13.2. The van der Waals surface area contributed by atoms with E-state index >= 15 is 0 Å². The van der Waals surface area contributed by atoms with Gasteiger partial charge in [0.2, 0.25) is 5.91 Å². The molecule has 0 fully saturated rings. The van der Waals surface area contributed by atoms with E-state index in [4.69, 9.17) is 0 Å². The summed E-state index contributed by atoms with van der Waals surface area (Å²) in [5.74, 6) is 2.55. The number of hydrogen-bond donors (Lipinski definition) is 1. The molecule has 0 aliphatic heterocycles. The molecule has 0 rings (SSSR count). The molecule has 1 N–H and O–H groups in total. The average Bonchev–Trinajstić information content (AvgIpc) is 2.65. The minimum absolute atomic E-state index is 0.166. The number of nitrogens with zero attached hydrogens (tertiary/aromatic N) is 2. The van der Waals surface area contributed by atoms with Gasteiger partial charge in [-0.25, -0.2) is 0 Å². The Hall–Kier alpha value is -1.06. The number of unbranched alkanes of at least 4 members (excludes halogenated alkanes) is 9. The van der Waals surface area contributed by atoms with Crippen LogP contribution in [0.25, 0.3) is 0 Å². The van der Waals surface area contributed by atoms with Gasteiger partial charge in [-0.1, -0.05) is 79.1 Å². The molecule has 1 amide bonds. The Bertz CT molecular complexity index is 430. The van der Waals surface area contributed by atoms with E-state index in [0.29, 0.717) is 11.8 Å². The number of amidine groups is 1. The number of amides is 1. The SMILES string of the molecule is CC(=NCCCCCCCCCCCCNC(=O)C(CC(C)C)C(C)C)N(C)C. The Labute approximate surface area is 182 Å². The first-order valence-corrected chi connectivity index (χ1v) is 12.2. The summed E-state index contributed by atoms with van der Waals surface area (Å²) in [5.41, 5.74) is 0. The van der Waals surface area contributed by atoms with E-state index in [0.717, 1.165) is 31.8 Å². The van der Waals surface area contributed by atoms with E-state index in [-0.39, 0.29) is 11.8 Å². The fraction of sp³-hybridized carbons (Fsp3) is 0.920. The highest BCUT2D eigenvalue weighted by Gasteiger charge is 2.22. The molecular weight excluding hydrogens is 358 g/mol. The number of carbonyl (C=O) groups is 1. The molecule has 1 atom stereocenters. The monoisotopic (exact) mass is 409 g/mol. The van der Waals surface area contributed by atoms with Crippen molar-refractivity contribution >= 4 is 11.7 Å². The zero-order valence-electron chi connectivity index (χ0n) is 20.7. The lowest BCUT2D eigenvalue weighted by Gasteiger charge is -2.22. The van der Waals surface area contributed by atoms with Crippen molar-refractivity contribution in [3.05, 3.63) is 0 Å². The Kier molecular flexibility index (Phi) is 17.1. The van der Waals surface area contributed by atoms with Crippen molar-refractivity contribution in [2.24, 2.45) is 22.7 Å². The second-order valence-electron chi connectivity index (χ2n) is 9.63. The smallest absolute Gasteiger partial charge is 0.223 e. The molecule has 0 saturated heterocycles. The Morgan fingerprint density at radius 1 is 0.828 bits per heavy atom. The predicted molar refractivity (Wildman–Crippen MR) is 129 cm³/mol. The van der Waals surface area contributed by atoms with Crippen molar-refractivity contribution < 1.29 is 4.79 Å². The lowest BCUT2D eigenvalue weighted by atomic mass is 9.87. The lowest BCUT2D eigenvalue weighted by molar-refractivity contribution is -0.126. The number of nitrogens with one attached hydrogen (secondary N) is 1. The van der Waals surface area contributed by atoms with Gasteiger partial charge >= 0.3 is 0 Å². The van der Waals surface area contributed by atoms with Crippen LogP contribution in [0.5, 0.6) is 0 Å². The second kappa shape index (κ2) is 17.8. The summed E-state index contributed by atoms with van der Waals surface area (Å²) in [6.07, 6.45) is 13.9. The first kappa shape index (κ1) is 27.9. The number of rotatable bonds is 17. The van der Waals surface area contributed by atoms with Gasteiger partial charge in [0.15, 0.2) is 0 Å². The minimum atomic E-state index is 0.166. The van der Waals surface area contributed by atoms with E-state index in [1.54, 1.807) is 0 Å². The Morgan fingerprint density at radius 3 is 1.76 bits per heavy atom. The van der Waals surface area contributed by atoms with Crippen molar-refractivity contribution in [2.45, 2.75) is 105 Å². The number of aliphatic imine (C=N–C) groups is 1. The average molecular weight is 410 g/mol. The topological polar surface area (TPSA) is 44.7 Å². The van der Waals surface area contributed by atoms with Gasteiger partial charge in [0.05, 0.1) is 5.84 Å². The molecule has 0 radical (unpaired) electrons. The van der Waals surface area contributed by atoms with Crippen LogP contribution in [-0.2, 0) is 4.79 Å². The summed E-state index contributed by atoms with van der Waals surface area (Å²) in [5, 5.41) is 3.17. The third-order valence-corrected chi connectivity index (χ3v) is 5.74. The first-order chi connectivity index (χ1) is 13.8.